The van der Waals surface area contributed by atoms with Gasteiger partial charge in [-0.3, -0.25) is 4.79 Å². The second kappa shape index (κ2) is 10.3. The number of rotatable bonds is 10. The Morgan fingerprint density at radius 1 is 0.944 bits per heavy atom. The number of carbonyl (C=O) groups is 1. The Kier molecular flexibility index (Phi) is 9.98. The summed E-state index contributed by atoms with van der Waals surface area (Å²) < 4.78 is 15.9. The highest BCUT2D eigenvalue weighted by Crippen LogP contribution is 2.08. The standard InChI is InChI=1S/C14H28O4/c1-5-6-9-16-10-7-11-17-12-8-13(15)18-14(2,3)4/h5-12H2,1-4H3. The van der Waals surface area contributed by atoms with Crippen LogP contribution < -0.4 is 0 Å². The van der Waals surface area contributed by atoms with Gasteiger partial charge in [0.25, 0.3) is 0 Å². The maximum absolute atomic E-state index is 11.3. The van der Waals surface area contributed by atoms with Crippen LogP contribution in [0, 0.1) is 0 Å². The van der Waals surface area contributed by atoms with Crippen molar-refractivity contribution in [3.8, 4) is 0 Å². The SMILES string of the molecule is CCCCOCCCOCCC(=O)OC(C)(C)C. The Labute approximate surface area is 111 Å². The molecule has 0 aliphatic heterocycles. The smallest absolute Gasteiger partial charge is 0.308 e. The van der Waals surface area contributed by atoms with Gasteiger partial charge in [0, 0.05) is 19.8 Å². The lowest BCUT2D eigenvalue weighted by Gasteiger charge is -2.19. The summed E-state index contributed by atoms with van der Waals surface area (Å²) in [4.78, 5) is 11.3. The van der Waals surface area contributed by atoms with Crippen LogP contribution in [-0.2, 0) is 19.0 Å². The van der Waals surface area contributed by atoms with Crippen molar-refractivity contribution in [2.45, 2.75) is 59.0 Å². The third-order valence-electron chi connectivity index (χ3n) is 2.09. The summed E-state index contributed by atoms with van der Waals surface area (Å²) >= 11 is 0. The van der Waals surface area contributed by atoms with Crippen molar-refractivity contribution in [2.75, 3.05) is 26.4 Å². The van der Waals surface area contributed by atoms with Gasteiger partial charge in [0.15, 0.2) is 0 Å². The molecule has 0 aromatic rings. The number of ether oxygens (including phenoxy) is 3. The summed E-state index contributed by atoms with van der Waals surface area (Å²) in [5.41, 5.74) is -0.412. The van der Waals surface area contributed by atoms with Gasteiger partial charge in [0.1, 0.15) is 5.60 Å². The summed E-state index contributed by atoms with van der Waals surface area (Å²) in [5.74, 6) is -0.207. The normalized spacial score (nSPS) is 11.6. The van der Waals surface area contributed by atoms with E-state index >= 15 is 0 Å². The fourth-order valence-electron chi connectivity index (χ4n) is 1.26. The molecule has 0 bridgehead atoms. The van der Waals surface area contributed by atoms with E-state index in [1.54, 1.807) is 0 Å². The van der Waals surface area contributed by atoms with Crippen LogP contribution in [0.25, 0.3) is 0 Å². The molecule has 0 N–H and O–H groups in total. The van der Waals surface area contributed by atoms with Crippen LogP contribution in [0.4, 0.5) is 0 Å². The molecule has 0 radical (unpaired) electrons. The predicted molar refractivity (Wildman–Crippen MR) is 71.6 cm³/mol. The molecule has 0 unspecified atom stereocenters. The van der Waals surface area contributed by atoms with E-state index < -0.39 is 5.60 Å². The van der Waals surface area contributed by atoms with Crippen LogP contribution in [0.2, 0.25) is 0 Å². The molecule has 0 fully saturated rings. The van der Waals surface area contributed by atoms with E-state index in [1.807, 2.05) is 20.8 Å². The minimum Gasteiger partial charge on any atom is -0.460 e. The van der Waals surface area contributed by atoms with Gasteiger partial charge < -0.3 is 14.2 Å². The van der Waals surface area contributed by atoms with E-state index in [2.05, 4.69) is 6.92 Å². The molecule has 0 aromatic carbocycles. The molecule has 0 spiro atoms. The van der Waals surface area contributed by atoms with Crippen LogP contribution in [0.3, 0.4) is 0 Å². The van der Waals surface area contributed by atoms with Gasteiger partial charge in [-0.15, -0.1) is 0 Å². The third-order valence-corrected chi connectivity index (χ3v) is 2.09. The van der Waals surface area contributed by atoms with E-state index in [1.165, 1.54) is 0 Å². The van der Waals surface area contributed by atoms with Crippen molar-refractivity contribution in [3.63, 3.8) is 0 Å². The van der Waals surface area contributed by atoms with Gasteiger partial charge in [0.05, 0.1) is 13.0 Å². The average molecular weight is 260 g/mol. The van der Waals surface area contributed by atoms with E-state index in [0.29, 0.717) is 19.6 Å². The quantitative estimate of drug-likeness (QED) is 0.447. The molecular formula is C14H28O4. The lowest BCUT2D eigenvalue weighted by Crippen LogP contribution is -2.24. The van der Waals surface area contributed by atoms with E-state index in [0.717, 1.165) is 32.5 Å². The van der Waals surface area contributed by atoms with Crippen LogP contribution >= 0.6 is 0 Å². The molecule has 0 atom stereocenters. The Morgan fingerprint density at radius 2 is 1.50 bits per heavy atom. The van der Waals surface area contributed by atoms with Crippen LogP contribution in [0.5, 0.6) is 0 Å². The van der Waals surface area contributed by atoms with Gasteiger partial charge >= 0.3 is 5.97 Å². The lowest BCUT2D eigenvalue weighted by atomic mass is 10.2. The summed E-state index contributed by atoms with van der Waals surface area (Å²) in [5, 5.41) is 0. The molecular weight excluding hydrogens is 232 g/mol. The second-order valence-corrected chi connectivity index (χ2v) is 5.27. The second-order valence-electron chi connectivity index (χ2n) is 5.27. The molecule has 18 heavy (non-hydrogen) atoms. The Morgan fingerprint density at radius 3 is 2.06 bits per heavy atom. The molecule has 108 valence electrons. The number of hydrogen-bond acceptors (Lipinski definition) is 4. The molecule has 4 heteroatoms. The number of hydrogen-bond donors (Lipinski definition) is 0. The van der Waals surface area contributed by atoms with Gasteiger partial charge in [-0.1, -0.05) is 13.3 Å². The maximum Gasteiger partial charge on any atom is 0.308 e. The van der Waals surface area contributed by atoms with Crippen molar-refractivity contribution < 1.29 is 19.0 Å². The molecule has 0 aliphatic rings. The topological polar surface area (TPSA) is 44.8 Å². The molecule has 0 rings (SSSR count). The highest BCUT2D eigenvalue weighted by atomic mass is 16.6. The molecule has 0 amide bonds. The maximum atomic E-state index is 11.3. The summed E-state index contributed by atoms with van der Waals surface area (Å²) in [6, 6.07) is 0. The molecule has 0 saturated heterocycles. The van der Waals surface area contributed by atoms with Gasteiger partial charge in [-0.25, -0.2) is 0 Å². The monoisotopic (exact) mass is 260 g/mol. The first-order valence-corrected chi connectivity index (χ1v) is 6.83. The van der Waals surface area contributed by atoms with Crippen LogP contribution in [0.1, 0.15) is 53.4 Å². The molecule has 0 heterocycles. The number of carbonyl (C=O) groups excluding carboxylic acids is 1. The minimum atomic E-state index is -0.412. The Bertz CT molecular complexity index is 208. The highest BCUT2D eigenvalue weighted by molar-refractivity contribution is 5.69. The summed E-state index contributed by atoms with van der Waals surface area (Å²) in [6.45, 7) is 10.3. The zero-order chi connectivity index (χ0) is 13.9. The fourth-order valence-corrected chi connectivity index (χ4v) is 1.26. The lowest BCUT2D eigenvalue weighted by molar-refractivity contribution is -0.156. The molecule has 0 aliphatic carbocycles. The van der Waals surface area contributed by atoms with Crippen molar-refractivity contribution in [3.05, 3.63) is 0 Å². The number of esters is 1. The minimum absolute atomic E-state index is 0.207. The van der Waals surface area contributed by atoms with Gasteiger partial charge in [0.2, 0.25) is 0 Å². The molecule has 0 aromatic heterocycles. The number of unbranched alkanes of at least 4 members (excludes halogenated alkanes) is 1. The zero-order valence-electron chi connectivity index (χ0n) is 12.3. The zero-order valence-corrected chi connectivity index (χ0v) is 12.3. The van der Waals surface area contributed by atoms with Crippen LogP contribution in [0.15, 0.2) is 0 Å². The largest absolute Gasteiger partial charge is 0.460 e. The van der Waals surface area contributed by atoms with E-state index in [9.17, 15) is 4.79 Å². The van der Waals surface area contributed by atoms with Crippen molar-refractivity contribution in [2.24, 2.45) is 0 Å². The first-order chi connectivity index (χ1) is 8.45. The summed E-state index contributed by atoms with van der Waals surface area (Å²) in [7, 11) is 0. The first-order valence-electron chi connectivity index (χ1n) is 6.83. The Balaban J connectivity index is 3.23. The highest BCUT2D eigenvalue weighted by Gasteiger charge is 2.15. The van der Waals surface area contributed by atoms with Gasteiger partial charge in [-0.2, -0.15) is 0 Å². The Hall–Kier alpha value is -0.610. The molecule has 4 nitrogen and oxygen atoms in total. The predicted octanol–water partition coefficient (Wildman–Crippen LogP) is 2.94. The van der Waals surface area contributed by atoms with Gasteiger partial charge in [-0.05, 0) is 33.6 Å². The van der Waals surface area contributed by atoms with Crippen molar-refractivity contribution >= 4 is 5.97 Å². The molecule has 0 saturated carbocycles. The van der Waals surface area contributed by atoms with E-state index in [-0.39, 0.29) is 5.97 Å². The fraction of sp³-hybridized carbons (Fsp3) is 0.929. The average Bonchev–Trinajstić information content (AvgIpc) is 2.24. The van der Waals surface area contributed by atoms with E-state index in [4.69, 9.17) is 14.2 Å². The first kappa shape index (κ1) is 17.4. The summed E-state index contributed by atoms with van der Waals surface area (Å²) in [6.07, 6.45) is 3.46. The van der Waals surface area contributed by atoms with Crippen LogP contribution in [-0.4, -0.2) is 38.0 Å². The third kappa shape index (κ3) is 13.5. The van der Waals surface area contributed by atoms with Crippen molar-refractivity contribution in [1.29, 1.82) is 0 Å². The van der Waals surface area contributed by atoms with Crippen molar-refractivity contribution in [1.82, 2.24) is 0 Å².